The maximum Gasteiger partial charge on any atom is 0.326 e. The first-order valence-electron chi connectivity index (χ1n) is 9.79. The van der Waals surface area contributed by atoms with Crippen molar-refractivity contribution in [2.24, 2.45) is 5.92 Å². The van der Waals surface area contributed by atoms with E-state index in [1.54, 1.807) is 4.90 Å². The van der Waals surface area contributed by atoms with Crippen LogP contribution < -0.4 is 10.1 Å². The minimum Gasteiger partial charge on any atom is -0.494 e. The molecule has 2 fully saturated rings. The van der Waals surface area contributed by atoms with Gasteiger partial charge in [0.2, 0.25) is 0 Å². The number of rotatable bonds is 5. The lowest BCUT2D eigenvalue weighted by atomic mass is 9.98. The third-order valence-electron chi connectivity index (χ3n) is 5.49. The summed E-state index contributed by atoms with van der Waals surface area (Å²) in [6.45, 7) is 8.61. The van der Waals surface area contributed by atoms with Gasteiger partial charge in [-0.15, -0.1) is 0 Å². The van der Waals surface area contributed by atoms with E-state index in [-0.39, 0.29) is 12.2 Å². The Kier molecular flexibility index (Phi) is 4.79. The summed E-state index contributed by atoms with van der Waals surface area (Å²) in [5.74, 6) is 1.73. The lowest BCUT2D eigenvalue weighted by Gasteiger charge is -2.30. The van der Waals surface area contributed by atoms with Gasteiger partial charge < -0.3 is 15.0 Å². The zero-order chi connectivity index (χ0) is 18.1. The van der Waals surface area contributed by atoms with E-state index in [0.717, 1.165) is 55.1 Å². The number of likely N-dealkylation sites (tertiary alicyclic amines) is 1. The van der Waals surface area contributed by atoms with Crippen molar-refractivity contribution in [3.63, 3.8) is 0 Å². The Morgan fingerprint density at radius 2 is 2.08 bits per heavy atom. The van der Waals surface area contributed by atoms with Crippen LogP contribution in [0.15, 0.2) is 24.5 Å². The van der Waals surface area contributed by atoms with Gasteiger partial charge in [-0.3, -0.25) is 4.90 Å². The van der Waals surface area contributed by atoms with Crippen molar-refractivity contribution in [2.45, 2.75) is 45.2 Å². The molecule has 4 rings (SSSR count). The standard InChI is InChI=1S/C21H28N3O2/c1-3-26-19-14-18(15(2)12-17(19)13-16-6-7-16)20-22-8-11-24(20)21(25)23-9-4-5-10-23/h8,11-12,14,16,20,22H,2-7,9-10,13H2,1H3. The van der Waals surface area contributed by atoms with Crippen LogP contribution in [0.3, 0.4) is 0 Å². The number of carbonyl (C=O) groups excluding carboxylic acids is 1. The van der Waals surface area contributed by atoms with E-state index in [9.17, 15) is 4.79 Å². The van der Waals surface area contributed by atoms with Gasteiger partial charge in [-0.05, 0) is 69.1 Å². The number of nitrogens with one attached hydrogen (secondary N) is 1. The third kappa shape index (κ3) is 3.39. The molecule has 1 N–H and O–H groups in total. The minimum atomic E-state index is -0.218. The number of ether oxygens (including phenoxy) is 1. The van der Waals surface area contributed by atoms with Gasteiger partial charge >= 0.3 is 6.03 Å². The van der Waals surface area contributed by atoms with Crippen LogP contribution in [0.1, 0.15) is 55.5 Å². The molecule has 1 atom stereocenters. The average molecular weight is 354 g/mol. The van der Waals surface area contributed by atoms with Crippen molar-refractivity contribution in [3.8, 4) is 5.75 Å². The number of nitrogens with zero attached hydrogens (tertiary/aromatic N) is 2. The van der Waals surface area contributed by atoms with Crippen molar-refractivity contribution in [1.29, 1.82) is 0 Å². The van der Waals surface area contributed by atoms with E-state index >= 15 is 0 Å². The molecule has 2 amide bonds. The fraction of sp³-hybridized carbons (Fsp3) is 0.524. The Bertz CT molecular complexity index is 705. The predicted octanol–water partition coefficient (Wildman–Crippen LogP) is 3.81. The van der Waals surface area contributed by atoms with Crippen LogP contribution >= 0.6 is 0 Å². The first-order valence-corrected chi connectivity index (χ1v) is 9.79. The van der Waals surface area contributed by atoms with Crippen LogP contribution in [-0.2, 0) is 6.42 Å². The predicted molar refractivity (Wildman–Crippen MR) is 102 cm³/mol. The van der Waals surface area contributed by atoms with Gasteiger partial charge in [-0.25, -0.2) is 4.79 Å². The molecule has 2 aliphatic heterocycles. The molecule has 0 aromatic heterocycles. The van der Waals surface area contributed by atoms with Crippen molar-refractivity contribution in [2.75, 3.05) is 19.7 Å². The Morgan fingerprint density at radius 1 is 1.31 bits per heavy atom. The molecule has 3 aliphatic rings. The van der Waals surface area contributed by atoms with E-state index < -0.39 is 0 Å². The second kappa shape index (κ2) is 7.22. The summed E-state index contributed by atoms with van der Waals surface area (Å²) >= 11 is 0. The van der Waals surface area contributed by atoms with Crippen LogP contribution in [-0.4, -0.2) is 35.5 Å². The highest BCUT2D eigenvalue weighted by molar-refractivity contribution is 5.77. The Labute approximate surface area is 156 Å². The highest BCUT2D eigenvalue weighted by Crippen LogP contribution is 2.38. The normalized spacial score (nSPS) is 22.0. The molecule has 26 heavy (non-hydrogen) atoms. The van der Waals surface area contributed by atoms with E-state index in [2.05, 4.69) is 24.4 Å². The number of carbonyl (C=O) groups is 1. The molecule has 1 saturated carbocycles. The van der Waals surface area contributed by atoms with Crippen molar-refractivity contribution < 1.29 is 9.53 Å². The molecule has 1 aliphatic carbocycles. The summed E-state index contributed by atoms with van der Waals surface area (Å²) in [7, 11) is 0. The summed E-state index contributed by atoms with van der Waals surface area (Å²) in [6.07, 6.45) is 9.33. The van der Waals surface area contributed by atoms with E-state index in [1.165, 1.54) is 18.4 Å². The van der Waals surface area contributed by atoms with Gasteiger partial charge in [0.1, 0.15) is 11.9 Å². The lowest BCUT2D eigenvalue weighted by Crippen LogP contribution is -2.41. The van der Waals surface area contributed by atoms with Crippen LogP contribution in [0.25, 0.3) is 0 Å². The van der Waals surface area contributed by atoms with Gasteiger partial charge in [0.05, 0.1) is 6.61 Å². The summed E-state index contributed by atoms with van der Waals surface area (Å²) in [4.78, 5) is 16.6. The first kappa shape index (κ1) is 17.3. The molecule has 139 valence electrons. The van der Waals surface area contributed by atoms with Crippen LogP contribution in [0.2, 0.25) is 0 Å². The largest absolute Gasteiger partial charge is 0.494 e. The Hall–Kier alpha value is -2.17. The number of benzene rings is 1. The second-order valence-corrected chi connectivity index (χ2v) is 7.51. The van der Waals surface area contributed by atoms with Crippen LogP contribution in [0.4, 0.5) is 4.79 Å². The molecular weight excluding hydrogens is 326 g/mol. The van der Waals surface area contributed by atoms with E-state index in [4.69, 9.17) is 4.74 Å². The SMILES string of the molecule is [CH2]c1cc(CC2CC2)c(OCC)cc1C1NC=CN1C(=O)N1CCCC1. The maximum atomic E-state index is 12.9. The average Bonchev–Trinajstić information content (AvgIpc) is 3.12. The lowest BCUT2D eigenvalue weighted by molar-refractivity contribution is 0.166. The van der Waals surface area contributed by atoms with Crippen LogP contribution in [0.5, 0.6) is 5.75 Å². The zero-order valence-electron chi connectivity index (χ0n) is 15.5. The number of hydrogen-bond acceptors (Lipinski definition) is 3. The topological polar surface area (TPSA) is 44.8 Å². The van der Waals surface area contributed by atoms with Gasteiger partial charge in [0.25, 0.3) is 0 Å². The second-order valence-electron chi connectivity index (χ2n) is 7.51. The van der Waals surface area contributed by atoms with Gasteiger partial charge in [-0.2, -0.15) is 0 Å². The van der Waals surface area contributed by atoms with Crippen molar-refractivity contribution in [1.82, 2.24) is 15.1 Å². The molecule has 1 saturated heterocycles. The summed E-state index contributed by atoms with van der Waals surface area (Å²) in [5, 5.41) is 3.31. The monoisotopic (exact) mass is 354 g/mol. The van der Waals surface area contributed by atoms with E-state index in [0.29, 0.717) is 6.61 Å². The number of urea groups is 1. The molecule has 1 radical (unpaired) electrons. The smallest absolute Gasteiger partial charge is 0.326 e. The highest BCUT2D eigenvalue weighted by atomic mass is 16.5. The Balaban J connectivity index is 1.60. The number of amides is 2. The quantitative estimate of drug-likeness (QED) is 0.874. The Morgan fingerprint density at radius 3 is 2.77 bits per heavy atom. The summed E-state index contributed by atoms with van der Waals surface area (Å²) in [6, 6.07) is 4.29. The molecule has 5 nitrogen and oxygen atoms in total. The minimum absolute atomic E-state index is 0.0631. The molecule has 2 heterocycles. The molecule has 1 unspecified atom stereocenters. The van der Waals surface area contributed by atoms with Gasteiger partial charge in [0.15, 0.2) is 0 Å². The summed E-state index contributed by atoms with van der Waals surface area (Å²) < 4.78 is 5.93. The molecule has 1 aromatic carbocycles. The fourth-order valence-electron chi connectivity index (χ4n) is 3.89. The number of hydrogen-bond donors (Lipinski definition) is 1. The maximum absolute atomic E-state index is 12.9. The molecule has 5 heteroatoms. The molecule has 0 spiro atoms. The van der Waals surface area contributed by atoms with Gasteiger partial charge in [0, 0.05) is 31.1 Å². The van der Waals surface area contributed by atoms with Crippen molar-refractivity contribution in [3.05, 3.63) is 48.1 Å². The molecular formula is C21H28N3O2. The molecule has 1 aromatic rings. The van der Waals surface area contributed by atoms with Crippen LogP contribution in [0, 0.1) is 12.8 Å². The van der Waals surface area contributed by atoms with E-state index in [1.807, 2.05) is 24.2 Å². The van der Waals surface area contributed by atoms with Crippen molar-refractivity contribution >= 4 is 6.03 Å². The fourth-order valence-corrected chi connectivity index (χ4v) is 3.89. The first-order chi connectivity index (χ1) is 12.7. The third-order valence-corrected chi connectivity index (χ3v) is 5.49. The molecule has 0 bridgehead atoms. The zero-order valence-corrected chi connectivity index (χ0v) is 15.5. The van der Waals surface area contributed by atoms with Gasteiger partial charge in [-0.1, -0.05) is 6.07 Å². The summed E-state index contributed by atoms with van der Waals surface area (Å²) in [5.41, 5.74) is 3.21. The highest BCUT2D eigenvalue weighted by Gasteiger charge is 2.32.